The summed E-state index contributed by atoms with van der Waals surface area (Å²) in [4.78, 5) is 18.8. The highest BCUT2D eigenvalue weighted by Crippen LogP contribution is 2.32. The van der Waals surface area contributed by atoms with Gasteiger partial charge in [-0.05, 0) is 43.0 Å². The minimum absolute atomic E-state index is 0.00810. The number of para-hydroxylation sites is 1. The van der Waals surface area contributed by atoms with Crippen molar-refractivity contribution in [1.29, 1.82) is 0 Å². The van der Waals surface area contributed by atoms with Crippen LogP contribution in [0.5, 0.6) is 0 Å². The predicted octanol–water partition coefficient (Wildman–Crippen LogP) is 5.93. The van der Waals surface area contributed by atoms with Crippen molar-refractivity contribution in [2.24, 2.45) is 5.92 Å². The summed E-state index contributed by atoms with van der Waals surface area (Å²) in [6, 6.07) is 13.8. The summed E-state index contributed by atoms with van der Waals surface area (Å²) in [7, 11) is 0. The smallest absolute Gasteiger partial charge is 0.252 e. The second kappa shape index (κ2) is 7.37. The number of hydrogen-bond acceptors (Lipinski definition) is 3. The molecule has 1 amide bonds. The van der Waals surface area contributed by atoms with Gasteiger partial charge in [0.05, 0.1) is 26.0 Å². The van der Waals surface area contributed by atoms with Crippen LogP contribution in [0.2, 0.25) is 4.34 Å². The average molecular weight is 385 g/mol. The zero-order valence-corrected chi connectivity index (χ0v) is 16.2. The van der Waals surface area contributed by atoms with E-state index in [9.17, 15) is 4.79 Å². The summed E-state index contributed by atoms with van der Waals surface area (Å²) >= 11 is 7.56. The molecule has 26 heavy (non-hydrogen) atoms. The molecule has 5 heteroatoms. The molecule has 0 bridgehead atoms. The van der Waals surface area contributed by atoms with Crippen LogP contribution in [0.4, 0.5) is 0 Å². The molecule has 134 valence electrons. The van der Waals surface area contributed by atoms with Gasteiger partial charge >= 0.3 is 0 Å². The van der Waals surface area contributed by atoms with Crippen molar-refractivity contribution >= 4 is 39.7 Å². The number of halogens is 1. The van der Waals surface area contributed by atoms with Crippen LogP contribution in [0.15, 0.2) is 42.5 Å². The molecule has 1 aromatic carbocycles. The van der Waals surface area contributed by atoms with E-state index in [-0.39, 0.29) is 11.9 Å². The summed E-state index contributed by atoms with van der Waals surface area (Å²) in [5, 5.41) is 4.16. The van der Waals surface area contributed by atoms with Crippen LogP contribution < -0.4 is 5.32 Å². The molecule has 4 rings (SSSR count). The van der Waals surface area contributed by atoms with Crippen LogP contribution in [0, 0.1) is 5.92 Å². The Morgan fingerprint density at radius 3 is 2.77 bits per heavy atom. The first-order valence-electron chi connectivity index (χ1n) is 9.08. The fourth-order valence-electron chi connectivity index (χ4n) is 3.72. The number of hydrogen-bond donors (Lipinski definition) is 1. The van der Waals surface area contributed by atoms with Crippen molar-refractivity contribution in [1.82, 2.24) is 10.3 Å². The lowest BCUT2D eigenvalue weighted by atomic mass is 9.86. The molecule has 0 spiro atoms. The van der Waals surface area contributed by atoms with Crippen molar-refractivity contribution in [3.05, 3.63) is 52.4 Å². The number of nitrogens with one attached hydrogen (secondary N) is 1. The van der Waals surface area contributed by atoms with Crippen molar-refractivity contribution < 1.29 is 4.79 Å². The van der Waals surface area contributed by atoms with Gasteiger partial charge in [-0.2, -0.15) is 0 Å². The molecule has 1 fully saturated rings. The van der Waals surface area contributed by atoms with Crippen molar-refractivity contribution in [2.45, 2.75) is 38.6 Å². The third-order valence-electron chi connectivity index (χ3n) is 5.21. The monoisotopic (exact) mass is 384 g/mol. The number of thiophene rings is 1. The van der Waals surface area contributed by atoms with Crippen LogP contribution in [-0.4, -0.2) is 16.9 Å². The maximum absolute atomic E-state index is 13.1. The van der Waals surface area contributed by atoms with Crippen LogP contribution in [0.25, 0.3) is 21.5 Å². The highest BCUT2D eigenvalue weighted by atomic mass is 35.5. The van der Waals surface area contributed by atoms with E-state index in [0.29, 0.717) is 11.5 Å². The Kier molecular flexibility index (Phi) is 4.96. The molecule has 0 unspecified atom stereocenters. The van der Waals surface area contributed by atoms with Gasteiger partial charge in [0.15, 0.2) is 0 Å². The summed E-state index contributed by atoms with van der Waals surface area (Å²) in [5.74, 6) is 0.516. The number of carbonyl (C=O) groups is 1. The molecule has 1 N–H and O–H groups in total. The van der Waals surface area contributed by atoms with Crippen LogP contribution >= 0.6 is 22.9 Å². The van der Waals surface area contributed by atoms with Crippen molar-refractivity contribution in [3.8, 4) is 10.6 Å². The highest BCUT2D eigenvalue weighted by Gasteiger charge is 2.24. The van der Waals surface area contributed by atoms with E-state index >= 15 is 0 Å². The fraction of sp³-hybridized carbons (Fsp3) is 0.333. The van der Waals surface area contributed by atoms with Gasteiger partial charge in [0.25, 0.3) is 5.91 Å². The van der Waals surface area contributed by atoms with Gasteiger partial charge in [0.1, 0.15) is 0 Å². The third kappa shape index (κ3) is 3.49. The molecule has 3 aromatic rings. The molecule has 1 aliphatic rings. The Hall–Kier alpha value is -1.91. The van der Waals surface area contributed by atoms with Crippen LogP contribution in [-0.2, 0) is 0 Å². The van der Waals surface area contributed by atoms with Gasteiger partial charge in [-0.15, -0.1) is 11.3 Å². The molecule has 2 heterocycles. The van der Waals surface area contributed by atoms with E-state index in [1.54, 1.807) is 0 Å². The molecule has 2 atom stereocenters. The van der Waals surface area contributed by atoms with Gasteiger partial charge in [0, 0.05) is 11.4 Å². The summed E-state index contributed by atoms with van der Waals surface area (Å²) in [6.07, 6.45) is 4.69. The zero-order chi connectivity index (χ0) is 18.1. The van der Waals surface area contributed by atoms with E-state index < -0.39 is 0 Å². The lowest BCUT2D eigenvalue weighted by Gasteiger charge is -2.29. The van der Waals surface area contributed by atoms with E-state index in [1.807, 2.05) is 42.5 Å². The number of nitrogens with zero attached hydrogens (tertiary/aromatic N) is 1. The number of pyridine rings is 1. The standard InChI is InChI=1S/C21H21ClN2OS/c1-13-6-2-4-8-16(13)24-21(25)15-12-18(19-10-11-20(22)26-19)23-17-9-5-3-7-14(15)17/h3,5,7,9-13,16H,2,4,6,8H2,1H3,(H,24,25)/t13-,16-/m0/s1. The van der Waals surface area contributed by atoms with Crippen LogP contribution in [0.1, 0.15) is 43.0 Å². The first-order valence-corrected chi connectivity index (χ1v) is 10.3. The second-order valence-electron chi connectivity index (χ2n) is 7.02. The van der Waals surface area contributed by atoms with E-state index in [0.717, 1.165) is 32.2 Å². The van der Waals surface area contributed by atoms with Gasteiger partial charge in [-0.25, -0.2) is 4.98 Å². The fourth-order valence-corrected chi connectivity index (χ4v) is 4.72. The topological polar surface area (TPSA) is 42.0 Å². The molecule has 1 aliphatic carbocycles. The Balaban J connectivity index is 1.73. The molecular weight excluding hydrogens is 364 g/mol. The van der Waals surface area contributed by atoms with Gasteiger partial charge in [-0.3, -0.25) is 4.79 Å². The Morgan fingerprint density at radius 1 is 1.19 bits per heavy atom. The number of amides is 1. The number of aromatic nitrogens is 1. The minimum atomic E-state index is -0.00810. The molecular formula is C21H21ClN2OS. The lowest BCUT2D eigenvalue weighted by molar-refractivity contribution is 0.0912. The largest absolute Gasteiger partial charge is 0.349 e. The number of carbonyl (C=O) groups excluding carboxylic acids is 1. The molecule has 0 aliphatic heterocycles. The first-order chi connectivity index (χ1) is 12.6. The van der Waals surface area contributed by atoms with E-state index in [1.165, 1.54) is 30.6 Å². The van der Waals surface area contributed by atoms with Crippen LogP contribution in [0.3, 0.4) is 0 Å². The Morgan fingerprint density at radius 2 is 2.00 bits per heavy atom. The molecule has 1 saturated carbocycles. The predicted molar refractivity (Wildman–Crippen MR) is 109 cm³/mol. The highest BCUT2D eigenvalue weighted by molar-refractivity contribution is 7.19. The summed E-state index contributed by atoms with van der Waals surface area (Å²) < 4.78 is 0.719. The Labute approximate surface area is 162 Å². The summed E-state index contributed by atoms with van der Waals surface area (Å²) in [5.41, 5.74) is 2.31. The van der Waals surface area contributed by atoms with E-state index in [2.05, 4.69) is 12.2 Å². The molecule has 0 radical (unpaired) electrons. The van der Waals surface area contributed by atoms with E-state index in [4.69, 9.17) is 16.6 Å². The number of benzene rings is 1. The lowest BCUT2D eigenvalue weighted by Crippen LogP contribution is -2.41. The maximum atomic E-state index is 13.1. The SMILES string of the molecule is C[C@H]1CCCC[C@@H]1NC(=O)c1cc(-c2ccc(Cl)s2)nc2ccccc12. The average Bonchev–Trinajstić information content (AvgIpc) is 3.09. The van der Waals surface area contributed by atoms with Gasteiger partial charge in [-0.1, -0.05) is 49.6 Å². The zero-order valence-electron chi connectivity index (χ0n) is 14.7. The number of fused-ring (bicyclic) bond motifs is 1. The van der Waals surface area contributed by atoms with Crippen molar-refractivity contribution in [2.75, 3.05) is 0 Å². The summed E-state index contributed by atoms with van der Waals surface area (Å²) in [6.45, 7) is 2.23. The second-order valence-corrected chi connectivity index (χ2v) is 8.73. The molecule has 3 nitrogen and oxygen atoms in total. The Bertz CT molecular complexity index is 952. The molecule has 2 aromatic heterocycles. The van der Waals surface area contributed by atoms with Gasteiger partial charge < -0.3 is 5.32 Å². The van der Waals surface area contributed by atoms with Gasteiger partial charge in [0.2, 0.25) is 0 Å². The normalized spacial score (nSPS) is 20.2. The first kappa shape index (κ1) is 17.5. The minimum Gasteiger partial charge on any atom is -0.349 e. The third-order valence-corrected chi connectivity index (χ3v) is 6.47. The quantitative estimate of drug-likeness (QED) is 0.608. The maximum Gasteiger partial charge on any atom is 0.252 e. The number of rotatable bonds is 3. The molecule has 0 saturated heterocycles. The van der Waals surface area contributed by atoms with Crippen molar-refractivity contribution in [3.63, 3.8) is 0 Å².